The van der Waals surface area contributed by atoms with Gasteiger partial charge in [-0.05, 0) is 42.0 Å². The predicted molar refractivity (Wildman–Crippen MR) is 102 cm³/mol. The molecule has 8 heteroatoms. The summed E-state index contributed by atoms with van der Waals surface area (Å²) in [5.74, 6) is 1.99. The van der Waals surface area contributed by atoms with Crippen molar-refractivity contribution in [3.63, 3.8) is 0 Å². The monoisotopic (exact) mass is 355 g/mol. The number of hydrogen-bond acceptors (Lipinski definition) is 8. The van der Waals surface area contributed by atoms with Crippen molar-refractivity contribution >= 4 is 43.4 Å². The zero-order valence-electron chi connectivity index (χ0n) is 14.3. The molecule has 1 aliphatic carbocycles. The van der Waals surface area contributed by atoms with Crippen LogP contribution in [0.15, 0.2) is 0 Å². The van der Waals surface area contributed by atoms with Crippen LogP contribution in [0.1, 0.15) is 24.0 Å². The Labute approximate surface area is 149 Å². The highest BCUT2D eigenvalue weighted by atomic mass is 32.1. The van der Waals surface area contributed by atoms with Crippen molar-refractivity contribution in [2.75, 3.05) is 43.4 Å². The van der Waals surface area contributed by atoms with E-state index in [9.17, 15) is 0 Å². The largest absolute Gasteiger partial charge is 0.373 e. The SMILES string of the molecule is CNc1nc2sc3c(N4CCNCC4)nnnc3c2c2c1CCCC2. The molecule has 0 aromatic carbocycles. The predicted octanol–water partition coefficient (Wildman–Crippen LogP) is 1.96. The fraction of sp³-hybridized carbons (Fsp3) is 0.529. The minimum absolute atomic E-state index is 0.954. The van der Waals surface area contributed by atoms with Crippen LogP contribution in [-0.2, 0) is 12.8 Å². The first-order chi connectivity index (χ1) is 12.4. The molecule has 0 bridgehead atoms. The van der Waals surface area contributed by atoms with Crippen LogP contribution >= 0.6 is 11.3 Å². The number of aromatic nitrogens is 4. The second kappa shape index (κ2) is 6.03. The lowest BCUT2D eigenvalue weighted by Gasteiger charge is -2.27. The van der Waals surface area contributed by atoms with Gasteiger partial charge in [-0.3, -0.25) is 0 Å². The van der Waals surface area contributed by atoms with Crippen molar-refractivity contribution < 1.29 is 0 Å². The third-order valence-corrected chi connectivity index (χ3v) is 6.34. The van der Waals surface area contributed by atoms with Gasteiger partial charge in [-0.2, -0.15) is 0 Å². The highest BCUT2D eigenvalue weighted by molar-refractivity contribution is 7.26. The fourth-order valence-electron chi connectivity index (χ4n) is 4.07. The maximum atomic E-state index is 4.91. The molecular formula is C17H21N7S. The minimum atomic E-state index is 0.954. The molecule has 130 valence electrons. The van der Waals surface area contributed by atoms with Crippen molar-refractivity contribution in [1.29, 1.82) is 0 Å². The molecule has 5 rings (SSSR count). The lowest BCUT2D eigenvalue weighted by molar-refractivity contribution is 0.583. The third kappa shape index (κ3) is 2.35. The summed E-state index contributed by atoms with van der Waals surface area (Å²) in [6.45, 7) is 3.87. The molecule has 3 aromatic heterocycles. The second-order valence-electron chi connectivity index (χ2n) is 6.68. The van der Waals surface area contributed by atoms with Gasteiger partial charge in [0.05, 0.1) is 0 Å². The summed E-state index contributed by atoms with van der Waals surface area (Å²) in [5, 5.41) is 20.8. The van der Waals surface area contributed by atoms with E-state index in [4.69, 9.17) is 4.98 Å². The number of thiophene rings is 1. The van der Waals surface area contributed by atoms with Gasteiger partial charge in [0.15, 0.2) is 5.82 Å². The minimum Gasteiger partial charge on any atom is -0.373 e. The summed E-state index contributed by atoms with van der Waals surface area (Å²) in [5.41, 5.74) is 3.76. The Morgan fingerprint density at radius 3 is 2.68 bits per heavy atom. The highest BCUT2D eigenvalue weighted by Crippen LogP contribution is 2.42. The van der Waals surface area contributed by atoms with Crippen LogP contribution in [0.5, 0.6) is 0 Å². The Hall–Kier alpha value is -2.06. The molecule has 4 heterocycles. The molecule has 1 saturated heterocycles. The third-order valence-electron chi connectivity index (χ3n) is 5.27. The Balaban J connectivity index is 1.78. The van der Waals surface area contributed by atoms with E-state index in [2.05, 4.69) is 30.9 Å². The Morgan fingerprint density at radius 1 is 1.08 bits per heavy atom. The molecule has 0 atom stereocenters. The Bertz CT molecular complexity index is 945. The van der Waals surface area contributed by atoms with Gasteiger partial charge >= 0.3 is 0 Å². The fourth-order valence-corrected chi connectivity index (χ4v) is 5.22. The summed E-state index contributed by atoms with van der Waals surface area (Å²) in [4.78, 5) is 8.28. The first-order valence-electron chi connectivity index (χ1n) is 8.97. The summed E-state index contributed by atoms with van der Waals surface area (Å²) in [7, 11) is 1.96. The van der Waals surface area contributed by atoms with E-state index in [-0.39, 0.29) is 0 Å². The van der Waals surface area contributed by atoms with Crippen LogP contribution in [0.3, 0.4) is 0 Å². The van der Waals surface area contributed by atoms with E-state index in [0.29, 0.717) is 0 Å². The molecule has 25 heavy (non-hydrogen) atoms. The Morgan fingerprint density at radius 2 is 1.88 bits per heavy atom. The van der Waals surface area contributed by atoms with Crippen molar-refractivity contribution in [2.24, 2.45) is 0 Å². The van der Waals surface area contributed by atoms with E-state index < -0.39 is 0 Å². The van der Waals surface area contributed by atoms with Gasteiger partial charge < -0.3 is 15.5 Å². The topological polar surface area (TPSA) is 78.9 Å². The van der Waals surface area contributed by atoms with E-state index in [0.717, 1.165) is 65.7 Å². The lowest BCUT2D eigenvalue weighted by atomic mass is 9.90. The summed E-state index contributed by atoms with van der Waals surface area (Å²) >= 11 is 1.71. The Kier molecular flexibility index (Phi) is 3.67. The van der Waals surface area contributed by atoms with Gasteiger partial charge in [0.25, 0.3) is 0 Å². The maximum absolute atomic E-state index is 4.91. The van der Waals surface area contributed by atoms with Crippen molar-refractivity contribution in [2.45, 2.75) is 25.7 Å². The van der Waals surface area contributed by atoms with E-state index in [1.807, 2.05) is 7.05 Å². The average Bonchev–Trinajstić information content (AvgIpc) is 3.06. The lowest BCUT2D eigenvalue weighted by Crippen LogP contribution is -2.44. The number of nitrogens with zero attached hydrogens (tertiary/aromatic N) is 5. The zero-order valence-corrected chi connectivity index (χ0v) is 15.1. The number of rotatable bonds is 2. The molecule has 0 saturated carbocycles. The molecule has 1 aliphatic heterocycles. The summed E-state index contributed by atoms with van der Waals surface area (Å²) in [6.07, 6.45) is 4.66. The van der Waals surface area contributed by atoms with Gasteiger partial charge in [0, 0.05) is 38.6 Å². The van der Waals surface area contributed by atoms with Crippen molar-refractivity contribution in [3.05, 3.63) is 11.1 Å². The first-order valence-corrected chi connectivity index (χ1v) is 9.79. The molecule has 0 unspecified atom stereocenters. The van der Waals surface area contributed by atoms with E-state index in [1.54, 1.807) is 11.3 Å². The molecule has 3 aromatic rings. The average molecular weight is 355 g/mol. The van der Waals surface area contributed by atoms with E-state index >= 15 is 0 Å². The summed E-state index contributed by atoms with van der Waals surface area (Å²) in [6, 6.07) is 0. The van der Waals surface area contributed by atoms with Crippen LogP contribution in [0.25, 0.3) is 20.4 Å². The van der Waals surface area contributed by atoms with Gasteiger partial charge in [0.2, 0.25) is 0 Å². The molecule has 2 aliphatic rings. The number of aryl methyl sites for hydroxylation is 1. The van der Waals surface area contributed by atoms with Crippen LogP contribution in [0.4, 0.5) is 11.6 Å². The molecule has 7 nitrogen and oxygen atoms in total. The van der Waals surface area contributed by atoms with Crippen LogP contribution in [-0.4, -0.2) is 53.6 Å². The van der Waals surface area contributed by atoms with Crippen molar-refractivity contribution in [3.8, 4) is 0 Å². The molecule has 2 N–H and O–H groups in total. The normalized spacial score (nSPS) is 17.9. The van der Waals surface area contributed by atoms with Gasteiger partial charge in [-0.15, -0.1) is 21.5 Å². The van der Waals surface area contributed by atoms with Crippen molar-refractivity contribution in [1.82, 2.24) is 25.7 Å². The molecule has 0 radical (unpaired) electrons. The van der Waals surface area contributed by atoms with Crippen LogP contribution in [0, 0.1) is 0 Å². The molecule has 0 spiro atoms. The number of pyridine rings is 1. The number of anilines is 2. The smallest absolute Gasteiger partial charge is 0.172 e. The second-order valence-corrected chi connectivity index (χ2v) is 7.68. The molecule has 1 fully saturated rings. The van der Waals surface area contributed by atoms with Crippen LogP contribution < -0.4 is 15.5 Å². The number of hydrogen-bond donors (Lipinski definition) is 2. The number of nitrogens with one attached hydrogen (secondary N) is 2. The quantitative estimate of drug-likeness (QED) is 0.727. The van der Waals surface area contributed by atoms with Gasteiger partial charge in [-0.25, -0.2) is 4.98 Å². The zero-order chi connectivity index (χ0) is 16.8. The maximum Gasteiger partial charge on any atom is 0.172 e. The number of piperazine rings is 1. The standard InChI is InChI=1S/C17H21N7S/c1-18-15-11-5-3-2-4-10(11)12-13-14(25-17(12)20-15)16(22-23-21-13)24-8-6-19-7-9-24/h19H,2-9H2,1H3,(H,18,20). The van der Waals surface area contributed by atoms with Gasteiger partial charge in [-0.1, -0.05) is 0 Å². The van der Waals surface area contributed by atoms with E-state index in [1.165, 1.54) is 29.4 Å². The van der Waals surface area contributed by atoms with Crippen LogP contribution in [0.2, 0.25) is 0 Å². The molecular weight excluding hydrogens is 334 g/mol. The highest BCUT2D eigenvalue weighted by Gasteiger charge is 2.25. The molecule has 0 amide bonds. The number of fused-ring (bicyclic) bond motifs is 5. The summed E-state index contributed by atoms with van der Waals surface area (Å²) < 4.78 is 1.13. The van der Waals surface area contributed by atoms with Gasteiger partial charge in [0.1, 0.15) is 20.9 Å². The first kappa shape index (κ1) is 15.2.